The summed E-state index contributed by atoms with van der Waals surface area (Å²) in [6, 6.07) is 7.46. The zero-order chi connectivity index (χ0) is 18.1. The normalized spacial score (nSPS) is 28.8. The molecule has 2 saturated heterocycles. The van der Waals surface area contributed by atoms with Crippen molar-refractivity contribution in [3.8, 4) is 5.75 Å². The fourth-order valence-corrected chi connectivity index (χ4v) is 4.83. The van der Waals surface area contributed by atoms with Crippen LogP contribution in [0.1, 0.15) is 29.6 Å². The summed E-state index contributed by atoms with van der Waals surface area (Å²) >= 11 is 0. The molecule has 0 radical (unpaired) electrons. The maximum Gasteiger partial charge on any atom is 0.253 e. The van der Waals surface area contributed by atoms with Crippen molar-refractivity contribution in [2.24, 2.45) is 17.3 Å². The van der Waals surface area contributed by atoms with Crippen molar-refractivity contribution in [3.63, 3.8) is 0 Å². The molecule has 0 unspecified atom stereocenters. The second-order valence-electron chi connectivity index (χ2n) is 8.36. The molecule has 5 heteroatoms. The Balaban J connectivity index is 1.45. The van der Waals surface area contributed by atoms with E-state index in [0.29, 0.717) is 5.92 Å². The van der Waals surface area contributed by atoms with Crippen LogP contribution < -0.4 is 4.74 Å². The minimum atomic E-state index is 0.140. The summed E-state index contributed by atoms with van der Waals surface area (Å²) < 4.78 is 10.7. The van der Waals surface area contributed by atoms with Gasteiger partial charge in [0.15, 0.2) is 0 Å². The number of ether oxygens (including phenoxy) is 2. The van der Waals surface area contributed by atoms with E-state index in [-0.39, 0.29) is 11.3 Å². The standard InChI is InChI=1S/C21H30N2O3/c1-25-13-18-12-22(11-16-3-4-16)14-21(18)9-10-23(15-21)20(24)17-5-7-19(26-2)8-6-17/h5-8,16,18H,3-4,9-15H2,1-2H3/t18-,21+/m0/s1. The predicted octanol–water partition coefficient (Wildman–Crippen LogP) is 2.52. The Hall–Kier alpha value is -1.59. The number of rotatable bonds is 6. The van der Waals surface area contributed by atoms with Gasteiger partial charge in [-0.05, 0) is 49.4 Å². The molecule has 1 aromatic carbocycles. The lowest BCUT2D eigenvalue weighted by atomic mass is 9.77. The Labute approximate surface area is 156 Å². The van der Waals surface area contributed by atoms with Crippen LogP contribution in [0.2, 0.25) is 0 Å². The Morgan fingerprint density at radius 3 is 2.62 bits per heavy atom. The van der Waals surface area contributed by atoms with Gasteiger partial charge in [-0.25, -0.2) is 0 Å². The third-order valence-electron chi connectivity index (χ3n) is 6.47. The second kappa shape index (κ2) is 7.20. The second-order valence-corrected chi connectivity index (χ2v) is 8.36. The number of amides is 1. The average Bonchev–Trinajstić information content (AvgIpc) is 3.27. The van der Waals surface area contributed by atoms with Gasteiger partial charge in [-0.15, -0.1) is 0 Å². The van der Waals surface area contributed by atoms with Crippen molar-refractivity contribution >= 4 is 5.91 Å². The highest BCUT2D eigenvalue weighted by Crippen LogP contribution is 2.45. The smallest absolute Gasteiger partial charge is 0.253 e. The lowest BCUT2D eigenvalue weighted by Crippen LogP contribution is -2.38. The van der Waals surface area contributed by atoms with Crippen molar-refractivity contribution in [2.75, 3.05) is 53.6 Å². The molecule has 2 heterocycles. The topological polar surface area (TPSA) is 42.0 Å². The quantitative estimate of drug-likeness (QED) is 0.784. The van der Waals surface area contributed by atoms with Crippen LogP contribution in [0.5, 0.6) is 5.75 Å². The highest BCUT2D eigenvalue weighted by molar-refractivity contribution is 5.94. The lowest BCUT2D eigenvalue weighted by Gasteiger charge is -2.30. The third-order valence-corrected chi connectivity index (χ3v) is 6.47. The molecule has 0 bridgehead atoms. The van der Waals surface area contributed by atoms with E-state index in [1.807, 2.05) is 29.2 Å². The molecule has 5 nitrogen and oxygen atoms in total. The highest BCUT2D eigenvalue weighted by Gasteiger charge is 2.51. The fourth-order valence-electron chi connectivity index (χ4n) is 4.83. The number of methoxy groups -OCH3 is 2. The lowest BCUT2D eigenvalue weighted by molar-refractivity contribution is 0.0716. The molecular formula is C21H30N2O3. The zero-order valence-corrected chi connectivity index (χ0v) is 15.9. The molecule has 3 fully saturated rings. The van der Waals surface area contributed by atoms with Gasteiger partial charge in [0, 0.05) is 56.7 Å². The molecule has 4 rings (SSSR count). The summed E-state index contributed by atoms with van der Waals surface area (Å²) in [6.07, 6.45) is 3.87. The molecule has 0 N–H and O–H groups in total. The van der Waals surface area contributed by atoms with E-state index in [1.165, 1.54) is 19.4 Å². The number of hydrogen-bond acceptors (Lipinski definition) is 4. The van der Waals surface area contributed by atoms with Crippen molar-refractivity contribution in [1.82, 2.24) is 9.80 Å². The third kappa shape index (κ3) is 3.47. The van der Waals surface area contributed by atoms with Gasteiger partial charge in [-0.2, -0.15) is 0 Å². The van der Waals surface area contributed by atoms with E-state index in [0.717, 1.165) is 56.4 Å². The van der Waals surface area contributed by atoms with Crippen molar-refractivity contribution < 1.29 is 14.3 Å². The van der Waals surface area contributed by atoms with E-state index in [4.69, 9.17) is 9.47 Å². The minimum absolute atomic E-state index is 0.140. The Morgan fingerprint density at radius 2 is 1.96 bits per heavy atom. The van der Waals surface area contributed by atoms with Gasteiger partial charge in [0.1, 0.15) is 5.75 Å². The van der Waals surface area contributed by atoms with Gasteiger partial charge in [0.25, 0.3) is 5.91 Å². The van der Waals surface area contributed by atoms with Crippen LogP contribution in [0, 0.1) is 17.3 Å². The van der Waals surface area contributed by atoms with Gasteiger partial charge in [0.05, 0.1) is 13.7 Å². The molecule has 142 valence electrons. The SMILES string of the molecule is COC[C@@H]1CN(CC2CC2)C[C@@]12CCN(C(=O)c1ccc(OC)cc1)C2. The van der Waals surface area contributed by atoms with E-state index in [9.17, 15) is 4.79 Å². The molecule has 1 aromatic rings. The first-order valence-corrected chi connectivity index (χ1v) is 9.78. The fraction of sp³-hybridized carbons (Fsp3) is 0.667. The molecule has 26 heavy (non-hydrogen) atoms. The van der Waals surface area contributed by atoms with E-state index in [2.05, 4.69) is 4.90 Å². The number of carbonyl (C=O) groups excluding carboxylic acids is 1. The van der Waals surface area contributed by atoms with Crippen LogP contribution in [-0.2, 0) is 4.74 Å². The van der Waals surface area contributed by atoms with Crippen molar-refractivity contribution in [3.05, 3.63) is 29.8 Å². The maximum atomic E-state index is 13.0. The summed E-state index contributed by atoms with van der Waals surface area (Å²) in [7, 11) is 3.44. The van der Waals surface area contributed by atoms with Crippen LogP contribution >= 0.6 is 0 Å². The van der Waals surface area contributed by atoms with Gasteiger partial charge in [0.2, 0.25) is 0 Å². The first-order chi connectivity index (χ1) is 12.6. The summed E-state index contributed by atoms with van der Waals surface area (Å²) in [6.45, 7) is 5.97. The summed E-state index contributed by atoms with van der Waals surface area (Å²) in [4.78, 5) is 17.6. The molecule has 2 aliphatic heterocycles. The first kappa shape index (κ1) is 17.8. The van der Waals surface area contributed by atoms with E-state index in [1.54, 1.807) is 14.2 Å². The number of carbonyl (C=O) groups is 1. The number of hydrogen-bond donors (Lipinski definition) is 0. The molecular weight excluding hydrogens is 328 g/mol. The molecule has 3 aliphatic rings. The number of likely N-dealkylation sites (tertiary alicyclic amines) is 2. The Bertz CT molecular complexity index is 643. The van der Waals surface area contributed by atoms with Gasteiger partial charge < -0.3 is 19.3 Å². The van der Waals surface area contributed by atoms with E-state index >= 15 is 0 Å². The molecule has 1 amide bonds. The summed E-state index contributed by atoms with van der Waals surface area (Å²) in [5.41, 5.74) is 0.950. The van der Waals surface area contributed by atoms with Crippen LogP contribution in [0.15, 0.2) is 24.3 Å². The van der Waals surface area contributed by atoms with Crippen molar-refractivity contribution in [2.45, 2.75) is 19.3 Å². The summed E-state index contributed by atoms with van der Waals surface area (Å²) in [5.74, 6) is 2.36. The Kier molecular flexibility index (Phi) is 4.93. The highest BCUT2D eigenvalue weighted by atomic mass is 16.5. The molecule has 1 aliphatic carbocycles. The van der Waals surface area contributed by atoms with Crippen LogP contribution in [-0.4, -0.2) is 69.3 Å². The number of nitrogens with zero attached hydrogens (tertiary/aromatic N) is 2. The predicted molar refractivity (Wildman–Crippen MR) is 100 cm³/mol. The van der Waals surface area contributed by atoms with Gasteiger partial charge in [-0.3, -0.25) is 4.79 Å². The maximum absolute atomic E-state index is 13.0. The Morgan fingerprint density at radius 1 is 1.19 bits per heavy atom. The van der Waals surface area contributed by atoms with Gasteiger partial charge >= 0.3 is 0 Å². The first-order valence-electron chi connectivity index (χ1n) is 9.78. The largest absolute Gasteiger partial charge is 0.497 e. The van der Waals surface area contributed by atoms with E-state index < -0.39 is 0 Å². The molecule has 0 aromatic heterocycles. The molecule has 1 spiro atoms. The summed E-state index contributed by atoms with van der Waals surface area (Å²) in [5, 5.41) is 0. The average molecular weight is 358 g/mol. The van der Waals surface area contributed by atoms with Crippen LogP contribution in [0.3, 0.4) is 0 Å². The minimum Gasteiger partial charge on any atom is -0.497 e. The molecule has 1 saturated carbocycles. The van der Waals surface area contributed by atoms with Gasteiger partial charge in [-0.1, -0.05) is 0 Å². The monoisotopic (exact) mass is 358 g/mol. The van der Waals surface area contributed by atoms with Crippen LogP contribution in [0.4, 0.5) is 0 Å². The van der Waals surface area contributed by atoms with Crippen molar-refractivity contribution in [1.29, 1.82) is 0 Å². The molecule has 2 atom stereocenters. The number of benzene rings is 1. The van der Waals surface area contributed by atoms with Crippen LogP contribution in [0.25, 0.3) is 0 Å². The zero-order valence-electron chi connectivity index (χ0n) is 15.9.